The molecule has 1 atom stereocenters. The van der Waals surface area contributed by atoms with Crippen LogP contribution < -0.4 is 0 Å². The van der Waals surface area contributed by atoms with E-state index in [2.05, 4.69) is 57.5 Å². The standard InChI is InChI=1S/C17H23N3S/c1-19(12-15-6-3-2-4-7-15)16-8-5-10-20(13-16)14-17-18-9-11-21-17/h2-4,6-7,9,11,16H,5,8,10,12-14H2,1H3. The van der Waals surface area contributed by atoms with Crippen LogP contribution in [-0.4, -0.2) is 41.0 Å². The molecule has 112 valence electrons. The van der Waals surface area contributed by atoms with Gasteiger partial charge < -0.3 is 0 Å². The Bertz CT molecular complexity index is 526. The van der Waals surface area contributed by atoms with E-state index in [1.165, 1.54) is 30.0 Å². The molecular weight excluding hydrogens is 278 g/mol. The summed E-state index contributed by atoms with van der Waals surface area (Å²) < 4.78 is 0. The van der Waals surface area contributed by atoms with Gasteiger partial charge in [-0.05, 0) is 32.0 Å². The predicted molar refractivity (Wildman–Crippen MR) is 88.3 cm³/mol. The quantitative estimate of drug-likeness (QED) is 0.845. The fourth-order valence-corrected chi connectivity index (χ4v) is 3.71. The first-order valence-corrected chi connectivity index (χ1v) is 8.54. The van der Waals surface area contributed by atoms with Crippen molar-refractivity contribution in [2.24, 2.45) is 0 Å². The van der Waals surface area contributed by atoms with Gasteiger partial charge in [0.1, 0.15) is 5.01 Å². The van der Waals surface area contributed by atoms with Crippen LogP contribution in [0.2, 0.25) is 0 Å². The zero-order valence-electron chi connectivity index (χ0n) is 12.6. The van der Waals surface area contributed by atoms with Crippen LogP contribution in [0.5, 0.6) is 0 Å². The van der Waals surface area contributed by atoms with Crippen LogP contribution >= 0.6 is 11.3 Å². The van der Waals surface area contributed by atoms with Gasteiger partial charge in [0.15, 0.2) is 0 Å². The number of nitrogens with zero attached hydrogens (tertiary/aromatic N) is 3. The summed E-state index contributed by atoms with van der Waals surface area (Å²) in [6.07, 6.45) is 4.50. The van der Waals surface area contributed by atoms with Gasteiger partial charge in [0.05, 0.1) is 6.54 Å². The van der Waals surface area contributed by atoms with Gasteiger partial charge in [-0.2, -0.15) is 0 Å². The number of aromatic nitrogens is 1. The minimum atomic E-state index is 0.652. The molecule has 1 fully saturated rings. The van der Waals surface area contributed by atoms with E-state index in [4.69, 9.17) is 0 Å². The van der Waals surface area contributed by atoms with Crippen LogP contribution in [0, 0.1) is 0 Å². The van der Waals surface area contributed by atoms with Gasteiger partial charge in [-0.15, -0.1) is 11.3 Å². The van der Waals surface area contributed by atoms with E-state index in [-0.39, 0.29) is 0 Å². The lowest BCUT2D eigenvalue weighted by atomic mass is 10.0. The molecule has 21 heavy (non-hydrogen) atoms. The van der Waals surface area contributed by atoms with Crippen LogP contribution in [0.4, 0.5) is 0 Å². The molecule has 0 bridgehead atoms. The van der Waals surface area contributed by atoms with Crippen LogP contribution in [0.1, 0.15) is 23.4 Å². The highest BCUT2D eigenvalue weighted by Crippen LogP contribution is 2.19. The van der Waals surface area contributed by atoms with E-state index in [0.29, 0.717) is 6.04 Å². The van der Waals surface area contributed by atoms with Crippen LogP contribution in [0.25, 0.3) is 0 Å². The topological polar surface area (TPSA) is 19.4 Å². The predicted octanol–water partition coefficient (Wildman–Crippen LogP) is 3.24. The maximum absolute atomic E-state index is 4.41. The molecule has 1 aliphatic rings. The monoisotopic (exact) mass is 301 g/mol. The Labute approximate surface area is 131 Å². The minimum Gasteiger partial charge on any atom is -0.298 e. The molecule has 3 rings (SSSR count). The molecule has 1 unspecified atom stereocenters. The normalized spacial score (nSPS) is 20.0. The first-order valence-electron chi connectivity index (χ1n) is 7.66. The zero-order chi connectivity index (χ0) is 14.5. The number of hydrogen-bond acceptors (Lipinski definition) is 4. The van der Waals surface area contributed by atoms with Crippen molar-refractivity contribution in [3.05, 3.63) is 52.5 Å². The van der Waals surface area contributed by atoms with Crippen molar-refractivity contribution >= 4 is 11.3 Å². The van der Waals surface area contributed by atoms with Gasteiger partial charge >= 0.3 is 0 Å². The maximum Gasteiger partial charge on any atom is 0.107 e. The maximum atomic E-state index is 4.41. The molecule has 1 aromatic carbocycles. The van der Waals surface area contributed by atoms with Crippen molar-refractivity contribution in [3.8, 4) is 0 Å². The Balaban J connectivity index is 1.55. The summed E-state index contributed by atoms with van der Waals surface area (Å²) in [5.74, 6) is 0. The number of hydrogen-bond donors (Lipinski definition) is 0. The molecule has 2 heterocycles. The van der Waals surface area contributed by atoms with Gasteiger partial charge in [0.25, 0.3) is 0 Å². The second-order valence-corrected chi connectivity index (χ2v) is 6.84. The number of likely N-dealkylation sites (tertiary alicyclic amines) is 1. The van der Waals surface area contributed by atoms with Crippen molar-refractivity contribution in [2.45, 2.75) is 32.0 Å². The molecule has 0 amide bonds. The van der Waals surface area contributed by atoms with E-state index < -0.39 is 0 Å². The summed E-state index contributed by atoms with van der Waals surface area (Å²) in [5, 5.41) is 3.31. The Kier molecular flexibility index (Phi) is 5.01. The average Bonchev–Trinajstić information content (AvgIpc) is 3.01. The Morgan fingerprint density at radius 2 is 2.19 bits per heavy atom. The molecular formula is C17H23N3S. The fourth-order valence-electron chi connectivity index (χ4n) is 3.06. The summed E-state index contributed by atoms with van der Waals surface area (Å²) in [6.45, 7) is 4.40. The SMILES string of the molecule is CN(Cc1ccccc1)C1CCCN(Cc2nccs2)C1. The first kappa shape index (κ1) is 14.7. The van der Waals surface area contributed by atoms with Crippen LogP contribution in [0.15, 0.2) is 41.9 Å². The largest absolute Gasteiger partial charge is 0.298 e. The number of benzene rings is 1. The average molecular weight is 301 g/mol. The highest BCUT2D eigenvalue weighted by Gasteiger charge is 2.23. The third-order valence-corrected chi connectivity index (χ3v) is 4.99. The lowest BCUT2D eigenvalue weighted by molar-refractivity contribution is 0.107. The second kappa shape index (κ2) is 7.16. The van der Waals surface area contributed by atoms with Gasteiger partial charge in [0.2, 0.25) is 0 Å². The Morgan fingerprint density at radius 1 is 1.33 bits per heavy atom. The molecule has 0 spiro atoms. The summed E-state index contributed by atoms with van der Waals surface area (Å²) in [6, 6.07) is 11.4. The van der Waals surface area contributed by atoms with E-state index >= 15 is 0 Å². The van der Waals surface area contributed by atoms with Gasteiger partial charge in [-0.1, -0.05) is 30.3 Å². The molecule has 2 aromatic rings. The van der Waals surface area contributed by atoms with Gasteiger partial charge in [-0.3, -0.25) is 9.80 Å². The van der Waals surface area contributed by atoms with E-state index in [1.807, 2.05) is 6.20 Å². The molecule has 1 aromatic heterocycles. The van der Waals surface area contributed by atoms with Crippen LogP contribution in [-0.2, 0) is 13.1 Å². The summed E-state index contributed by atoms with van der Waals surface area (Å²) in [5.41, 5.74) is 1.40. The zero-order valence-corrected chi connectivity index (χ0v) is 13.4. The van der Waals surface area contributed by atoms with Gasteiger partial charge in [0, 0.05) is 30.7 Å². The minimum absolute atomic E-state index is 0.652. The van der Waals surface area contributed by atoms with Crippen molar-refractivity contribution in [3.63, 3.8) is 0 Å². The molecule has 0 radical (unpaired) electrons. The molecule has 4 heteroatoms. The van der Waals surface area contributed by atoms with Crippen molar-refractivity contribution < 1.29 is 0 Å². The van der Waals surface area contributed by atoms with Crippen molar-refractivity contribution in [1.82, 2.24) is 14.8 Å². The fraction of sp³-hybridized carbons (Fsp3) is 0.471. The second-order valence-electron chi connectivity index (χ2n) is 5.86. The molecule has 0 aliphatic carbocycles. The number of likely N-dealkylation sites (N-methyl/N-ethyl adjacent to an activating group) is 1. The van der Waals surface area contributed by atoms with E-state index in [0.717, 1.165) is 19.6 Å². The summed E-state index contributed by atoms with van der Waals surface area (Å²) in [7, 11) is 2.25. The molecule has 3 nitrogen and oxygen atoms in total. The number of rotatable bonds is 5. The summed E-state index contributed by atoms with van der Waals surface area (Å²) >= 11 is 1.76. The third-order valence-electron chi connectivity index (χ3n) is 4.22. The number of thiazole rings is 1. The lowest BCUT2D eigenvalue weighted by Gasteiger charge is -2.37. The molecule has 0 saturated carbocycles. The molecule has 1 saturated heterocycles. The first-order chi connectivity index (χ1) is 10.3. The van der Waals surface area contributed by atoms with E-state index in [9.17, 15) is 0 Å². The van der Waals surface area contributed by atoms with E-state index in [1.54, 1.807) is 11.3 Å². The summed E-state index contributed by atoms with van der Waals surface area (Å²) in [4.78, 5) is 9.46. The smallest absolute Gasteiger partial charge is 0.107 e. The Hall–Kier alpha value is -1.23. The van der Waals surface area contributed by atoms with Crippen molar-refractivity contribution in [2.75, 3.05) is 20.1 Å². The highest BCUT2D eigenvalue weighted by molar-refractivity contribution is 7.09. The molecule has 1 aliphatic heterocycles. The van der Waals surface area contributed by atoms with Crippen LogP contribution in [0.3, 0.4) is 0 Å². The molecule has 0 N–H and O–H groups in total. The highest BCUT2D eigenvalue weighted by atomic mass is 32.1. The van der Waals surface area contributed by atoms with Gasteiger partial charge in [-0.25, -0.2) is 4.98 Å². The van der Waals surface area contributed by atoms with Crippen molar-refractivity contribution in [1.29, 1.82) is 0 Å². The number of piperidine rings is 1. The lowest BCUT2D eigenvalue weighted by Crippen LogP contribution is -2.45. The Morgan fingerprint density at radius 3 is 2.95 bits per heavy atom. The third kappa shape index (κ3) is 4.13.